The first kappa shape index (κ1) is 6.42. The number of hydrazine groups is 1. The molecular formula is C5H6N4O. The van der Waals surface area contributed by atoms with E-state index in [-0.39, 0.29) is 5.70 Å². The third-order valence-electron chi connectivity index (χ3n) is 0.963. The number of rotatable bonds is 1. The van der Waals surface area contributed by atoms with Gasteiger partial charge in [0.05, 0.1) is 7.11 Å². The van der Waals surface area contributed by atoms with E-state index >= 15 is 0 Å². The van der Waals surface area contributed by atoms with E-state index in [0.29, 0.717) is 5.88 Å². The summed E-state index contributed by atoms with van der Waals surface area (Å²) >= 11 is 0. The minimum atomic E-state index is 0.282. The highest BCUT2D eigenvalue weighted by atomic mass is 16.5. The highest BCUT2D eigenvalue weighted by Gasteiger charge is 2.06. The highest BCUT2D eigenvalue weighted by molar-refractivity contribution is 5.58. The monoisotopic (exact) mass is 138 g/mol. The van der Waals surface area contributed by atoms with Crippen molar-refractivity contribution in [3.8, 4) is 6.07 Å². The Balaban J connectivity index is 2.87. The average Bonchev–Trinajstić information content (AvgIpc) is 2.04. The Bertz CT molecular complexity index is 224. The van der Waals surface area contributed by atoms with E-state index < -0.39 is 0 Å². The van der Waals surface area contributed by atoms with Gasteiger partial charge in [-0.1, -0.05) is 0 Å². The lowest BCUT2D eigenvalue weighted by atomic mass is 10.5. The summed E-state index contributed by atoms with van der Waals surface area (Å²) in [5.74, 6) is 0.293. The van der Waals surface area contributed by atoms with Crippen molar-refractivity contribution in [2.45, 2.75) is 0 Å². The third kappa shape index (κ3) is 1.00. The Kier molecular flexibility index (Phi) is 1.75. The van der Waals surface area contributed by atoms with E-state index in [1.807, 2.05) is 6.07 Å². The molecule has 0 aromatic heterocycles. The van der Waals surface area contributed by atoms with Gasteiger partial charge < -0.3 is 4.74 Å². The number of allylic oxidation sites excluding steroid dienone is 1. The molecule has 1 aliphatic rings. The molecule has 0 aromatic carbocycles. The third-order valence-corrected chi connectivity index (χ3v) is 0.963. The van der Waals surface area contributed by atoms with Crippen LogP contribution in [0.5, 0.6) is 0 Å². The SMILES string of the molecule is COC1=C(C#N)NNC=N1. The Labute approximate surface area is 58.0 Å². The maximum atomic E-state index is 8.43. The first-order chi connectivity index (χ1) is 4.88. The van der Waals surface area contributed by atoms with Crippen LogP contribution in [0.2, 0.25) is 0 Å². The van der Waals surface area contributed by atoms with Gasteiger partial charge in [-0.3, -0.25) is 10.9 Å². The summed E-state index contributed by atoms with van der Waals surface area (Å²) in [6.45, 7) is 0. The first-order valence-corrected chi connectivity index (χ1v) is 2.61. The van der Waals surface area contributed by atoms with Gasteiger partial charge in [0.25, 0.3) is 5.88 Å². The van der Waals surface area contributed by atoms with E-state index in [9.17, 15) is 0 Å². The topological polar surface area (TPSA) is 69.4 Å². The molecule has 0 fully saturated rings. The lowest BCUT2D eigenvalue weighted by Gasteiger charge is -2.10. The van der Waals surface area contributed by atoms with Crippen LogP contribution in [0.25, 0.3) is 0 Å². The zero-order valence-electron chi connectivity index (χ0n) is 5.38. The summed E-state index contributed by atoms with van der Waals surface area (Å²) in [6, 6.07) is 1.87. The molecule has 10 heavy (non-hydrogen) atoms. The first-order valence-electron chi connectivity index (χ1n) is 2.61. The number of aliphatic imine (C=N–C) groups is 1. The maximum absolute atomic E-state index is 8.43. The second-order valence-corrected chi connectivity index (χ2v) is 1.52. The van der Waals surface area contributed by atoms with Crippen LogP contribution in [0.1, 0.15) is 0 Å². The van der Waals surface area contributed by atoms with Crippen LogP contribution in [-0.4, -0.2) is 13.4 Å². The van der Waals surface area contributed by atoms with Crippen molar-refractivity contribution in [1.82, 2.24) is 10.9 Å². The van der Waals surface area contributed by atoms with Crippen molar-refractivity contribution in [3.05, 3.63) is 11.6 Å². The maximum Gasteiger partial charge on any atom is 0.251 e. The number of nitrogens with one attached hydrogen (secondary N) is 2. The summed E-state index contributed by atoms with van der Waals surface area (Å²) in [4.78, 5) is 3.74. The van der Waals surface area contributed by atoms with Crippen LogP contribution in [0.3, 0.4) is 0 Å². The predicted octanol–water partition coefficient (Wildman–Crippen LogP) is -0.538. The molecule has 0 saturated heterocycles. The molecule has 1 rings (SSSR count). The minimum absolute atomic E-state index is 0.282. The molecule has 0 aromatic rings. The van der Waals surface area contributed by atoms with Gasteiger partial charge in [-0.15, -0.1) is 0 Å². The number of hydrogen-bond acceptors (Lipinski definition) is 5. The lowest BCUT2D eigenvalue weighted by Crippen LogP contribution is -2.33. The number of methoxy groups -OCH3 is 1. The van der Waals surface area contributed by atoms with Crippen molar-refractivity contribution >= 4 is 6.34 Å². The molecule has 0 spiro atoms. The summed E-state index contributed by atoms with van der Waals surface area (Å²) in [5, 5.41) is 8.43. The van der Waals surface area contributed by atoms with Gasteiger partial charge in [0.2, 0.25) is 0 Å². The van der Waals surface area contributed by atoms with Crippen molar-refractivity contribution in [2.75, 3.05) is 7.11 Å². The number of nitriles is 1. The normalized spacial score (nSPS) is 15.2. The van der Waals surface area contributed by atoms with E-state index in [1.165, 1.54) is 13.4 Å². The molecule has 0 amide bonds. The van der Waals surface area contributed by atoms with Gasteiger partial charge in [-0.05, 0) is 0 Å². The van der Waals surface area contributed by atoms with Gasteiger partial charge in [0, 0.05) is 0 Å². The predicted molar refractivity (Wildman–Crippen MR) is 34.4 cm³/mol. The average molecular weight is 138 g/mol. The molecular weight excluding hydrogens is 132 g/mol. The van der Waals surface area contributed by atoms with Crippen LogP contribution in [0.15, 0.2) is 16.6 Å². The van der Waals surface area contributed by atoms with Crippen molar-refractivity contribution in [2.24, 2.45) is 4.99 Å². The fourth-order valence-electron chi connectivity index (χ4n) is 0.544. The largest absolute Gasteiger partial charge is 0.479 e. The number of nitrogens with zero attached hydrogens (tertiary/aromatic N) is 2. The zero-order valence-corrected chi connectivity index (χ0v) is 5.38. The van der Waals surface area contributed by atoms with E-state index in [4.69, 9.17) is 10.00 Å². The quantitative estimate of drug-likeness (QED) is 0.510. The van der Waals surface area contributed by atoms with Crippen LogP contribution in [0.4, 0.5) is 0 Å². The van der Waals surface area contributed by atoms with Crippen molar-refractivity contribution in [3.63, 3.8) is 0 Å². The molecule has 2 N–H and O–H groups in total. The Morgan fingerprint density at radius 2 is 2.60 bits per heavy atom. The molecule has 5 heteroatoms. The highest BCUT2D eigenvalue weighted by Crippen LogP contribution is 2.03. The zero-order chi connectivity index (χ0) is 7.40. The van der Waals surface area contributed by atoms with Gasteiger partial charge in [0.1, 0.15) is 12.4 Å². The summed E-state index contributed by atoms with van der Waals surface area (Å²) in [6.07, 6.45) is 1.40. The summed E-state index contributed by atoms with van der Waals surface area (Å²) in [7, 11) is 1.46. The molecule has 52 valence electrons. The van der Waals surface area contributed by atoms with Crippen LogP contribution >= 0.6 is 0 Å². The van der Waals surface area contributed by atoms with Crippen LogP contribution < -0.4 is 10.9 Å². The van der Waals surface area contributed by atoms with Gasteiger partial charge in [-0.2, -0.15) is 5.26 Å². The fraction of sp³-hybridized carbons (Fsp3) is 0.200. The lowest BCUT2D eigenvalue weighted by molar-refractivity contribution is 0.279. The Morgan fingerprint density at radius 3 is 3.10 bits per heavy atom. The van der Waals surface area contributed by atoms with Crippen LogP contribution in [0, 0.1) is 11.3 Å². The second-order valence-electron chi connectivity index (χ2n) is 1.52. The van der Waals surface area contributed by atoms with E-state index in [2.05, 4.69) is 15.8 Å². The van der Waals surface area contributed by atoms with E-state index in [0.717, 1.165) is 0 Å². The van der Waals surface area contributed by atoms with Crippen molar-refractivity contribution in [1.29, 1.82) is 5.26 Å². The molecule has 1 heterocycles. The van der Waals surface area contributed by atoms with Gasteiger partial charge in [0.15, 0.2) is 5.70 Å². The smallest absolute Gasteiger partial charge is 0.251 e. The van der Waals surface area contributed by atoms with E-state index in [1.54, 1.807) is 0 Å². The molecule has 0 unspecified atom stereocenters. The van der Waals surface area contributed by atoms with Crippen LogP contribution in [-0.2, 0) is 4.74 Å². The fourth-order valence-corrected chi connectivity index (χ4v) is 0.544. The second kappa shape index (κ2) is 2.73. The standard InChI is InChI=1S/C5H6N4O/c1-10-5-4(2-6)9-8-3-7-5/h3,9H,1H3,(H,7,8). The molecule has 0 atom stereocenters. The summed E-state index contributed by atoms with van der Waals surface area (Å²) in [5.41, 5.74) is 5.39. The Hall–Kier alpha value is -1.70. The molecule has 5 nitrogen and oxygen atoms in total. The van der Waals surface area contributed by atoms with Crippen molar-refractivity contribution < 1.29 is 4.74 Å². The Morgan fingerprint density at radius 1 is 1.80 bits per heavy atom. The minimum Gasteiger partial charge on any atom is -0.479 e. The van der Waals surface area contributed by atoms with Gasteiger partial charge >= 0.3 is 0 Å². The number of ether oxygens (including phenoxy) is 1. The molecule has 0 saturated carbocycles. The van der Waals surface area contributed by atoms with Gasteiger partial charge in [-0.25, -0.2) is 4.99 Å². The molecule has 0 radical (unpaired) electrons. The molecule has 0 aliphatic carbocycles. The molecule has 0 bridgehead atoms. The molecule has 1 aliphatic heterocycles. The summed E-state index contributed by atoms with van der Waals surface area (Å²) < 4.78 is 4.75. The number of hydrogen-bond donors (Lipinski definition) is 2.